The Morgan fingerprint density at radius 3 is 2.58 bits per heavy atom. The van der Waals surface area contributed by atoms with Gasteiger partial charge in [-0.25, -0.2) is 17.7 Å². The molecule has 128 valence electrons. The van der Waals surface area contributed by atoms with Crippen LogP contribution in [0.1, 0.15) is 5.56 Å². The van der Waals surface area contributed by atoms with Crippen LogP contribution >= 0.6 is 11.8 Å². The lowest BCUT2D eigenvalue weighted by molar-refractivity contribution is -0.113. The van der Waals surface area contributed by atoms with Gasteiger partial charge in [0.25, 0.3) is 0 Å². The van der Waals surface area contributed by atoms with E-state index in [1.807, 2.05) is 31.2 Å². The lowest BCUT2D eigenvalue weighted by atomic mass is 10.2. The summed E-state index contributed by atoms with van der Waals surface area (Å²) in [5.74, 6) is 0.0539. The number of anilines is 1. The molecule has 1 heterocycles. The van der Waals surface area contributed by atoms with E-state index in [-0.39, 0.29) is 16.6 Å². The molecule has 0 unspecified atom stereocenters. The number of rotatable bonds is 6. The summed E-state index contributed by atoms with van der Waals surface area (Å²) in [5, 5.41) is 3.40. The van der Waals surface area contributed by atoms with Gasteiger partial charge in [0, 0.05) is 26.0 Å². The van der Waals surface area contributed by atoms with Gasteiger partial charge < -0.3 is 5.32 Å². The summed E-state index contributed by atoms with van der Waals surface area (Å²) in [6, 6.07) is 10.6. The molecular weight excluding hydrogens is 346 g/mol. The van der Waals surface area contributed by atoms with E-state index < -0.39 is 10.0 Å². The number of nitrogens with one attached hydrogen (secondary N) is 1. The highest BCUT2D eigenvalue weighted by Gasteiger charge is 2.17. The molecule has 0 saturated heterocycles. The smallest absolute Gasteiger partial charge is 0.244 e. The van der Waals surface area contributed by atoms with Crippen molar-refractivity contribution >= 4 is 33.4 Å². The molecule has 0 saturated carbocycles. The number of aromatic nitrogens is 1. The minimum Gasteiger partial charge on any atom is -0.325 e. The van der Waals surface area contributed by atoms with Crippen LogP contribution in [0.5, 0.6) is 0 Å². The lowest BCUT2D eigenvalue weighted by Gasteiger charge is -2.11. The highest BCUT2D eigenvalue weighted by atomic mass is 32.2. The van der Waals surface area contributed by atoms with Gasteiger partial charge in [-0.3, -0.25) is 4.79 Å². The molecule has 0 aliphatic carbocycles. The van der Waals surface area contributed by atoms with E-state index in [9.17, 15) is 13.2 Å². The minimum absolute atomic E-state index is 0.126. The number of sulfonamides is 1. The molecule has 0 radical (unpaired) electrons. The summed E-state index contributed by atoms with van der Waals surface area (Å²) in [5.41, 5.74) is 1.82. The number of hydrogen-bond acceptors (Lipinski definition) is 5. The van der Waals surface area contributed by atoms with E-state index in [1.54, 1.807) is 6.07 Å². The van der Waals surface area contributed by atoms with Crippen molar-refractivity contribution in [3.63, 3.8) is 0 Å². The highest BCUT2D eigenvalue weighted by Crippen LogP contribution is 2.19. The van der Waals surface area contributed by atoms with Crippen LogP contribution in [0.3, 0.4) is 0 Å². The van der Waals surface area contributed by atoms with Gasteiger partial charge in [-0.1, -0.05) is 23.9 Å². The first-order chi connectivity index (χ1) is 11.3. The Hall–Kier alpha value is -1.90. The Morgan fingerprint density at radius 1 is 1.25 bits per heavy atom. The van der Waals surface area contributed by atoms with Crippen molar-refractivity contribution in [3.8, 4) is 0 Å². The zero-order valence-corrected chi connectivity index (χ0v) is 15.3. The van der Waals surface area contributed by atoms with E-state index in [0.717, 1.165) is 15.6 Å². The second-order valence-electron chi connectivity index (χ2n) is 5.33. The number of benzene rings is 1. The molecule has 0 atom stereocenters. The third-order valence-corrected chi connectivity index (χ3v) is 5.88. The zero-order valence-electron chi connectivity index (χ0n) is 13.7. The van der Waals surface area contributed by atoms with Crippen LogP contribution in [0.4, 0.5) is 5.69 Å². The molecule has 0 bridgehead atoms. The standard InChI is InChI=1S/C16H19N3O3S2/c1-12-5-4-6-13(9-12)18-15(20)11-23-16-8-7-14(10-17-16)24(21,22)19(2)3/h4-10H,11H2,1-3H3,(H,18,20). The molecule has 8 heteroatoms. The van der Waals surface area contributed by atoms with Crippen molar-refractivity contribution in [2.45, 2.75) is 16.8 Å². The lowest BCUT2D eigenvalue weighted by Crippen LogP contribution is -2.22. The first-order valence-electron chi connectivity index (χ1n) is 7.17. The second kappa shape index (κ2) is 7.78. The molecule has 2 aromatic rings. The summed E-state index contributed by atoms with van der Waals surface area (Å²) >= 11 is 1.25. The largest absolute Gasteiger partial charge is 0.325 e. The molecular formula is C16H19N3O3S2. The Balaban J connectivity index is 1.94. The molecule has 2 rings (SSSR count). The average molecular weight is 365 g/mol. The topological polar surface area (TPSA) is 79.4 Å². The summed E-state index contributed by atoms with van der Waals surface area (Å²) in [4.78, 5) is 16.2. The Kier molecular flexibility index (Phi) is 5.98. The van der Waals surface area contributed by atoms with Crippen LogP contribution in [0.25, 0.3) is 0 Å². The van der Waals surface area contributed by atoms with Gasteiger partial charge in [-0.15, -0.1) is 0 Å². The van der Waals surface area contributed by atoms with Gasteiger partial charge in [0.1, 0.15) is 4.90 Å². The molecule has 1 aromatic carbocycles. The van der Waals surface area contributed by atoms with Crippen molar-refractivity contribution < 1.29 is 13.2 Å². The maximum absolute atomic E-state index is 12.0. The van der Waals surface area contributed by atoms with Gasteiger partial charge in [0.05, 0.1) is 10.8 Å². The maximum atomic E-state index is 12.0. The molecule has 1 aromatic heterocycles. The number of thioether (sulfide) groups is 1. The van der Waals surface area contributed by atoms with Crippen LogP contribution in [0.15, 0.2) is 52.5 Å². The fourth-order valence-electron chi connectivity index (χ4n) is 1.87. The first kappa shape index (κ1) is 18.4. The zero-order chi connectivity index (χ0) is 17.7. The number of hydrogen-bond donors (Lipinski definition) is 1. The quantitative estimate of drug-likeness (QED) is 0.795. The average Bonchev–Trinajstić information content (AvgIpc) is 2.53. The predicted molar refractivity (Wildman–Crippen MR) is 95.6 cm³/mol. The van der Waals surface area contributed by atoms with Gasteiger partial charge in [0.15, 0.2) is 0 Å². The van der Waals surface area contributed by atoms with Crippen LogP contribution in [-0.4, -0.2) is 43.5 Å². The molecule has 0 fully saturated rings. The van der Waals surface area contributed by atoms with Crippen LogP contribution in [0.2, 0.25) is 0 Å². The number of nitrogens with zero attached hydrogens (tertiary/aromatic N) is 2. The summed E-state index contributed by atoms with van der Waals surface area (Å²) in [7, 11) is -0.556. The minimum atomic E-state index is -3.49. The SMILES string of the molecule is Cc1cccc(NC(=O)CSc2ccc(S(=O)(=O)N(C)C)cn2)c1. The maximum Gasteiger partial charge on any atom is 0.244 e. The Bertz CT molecular complexity index is 819. The third kappa shape index (κ3) is 4.80. The fourth-order valence-corrected chi connectivity index (χ4v) is 3.37. The van der Waals surface area contributed by atoms with Crippen molar-refractivity contribution in [2.24, 2.45) is 0 Å². The Morgan fingerprint density at radius 2 is 2.00 bits per heavy atom. The number of aryl methyl sites for hydroxylation is 1. The van der Waals surface area contributed by atoms with Crippen molar-refractivity contribution in [1.29, 1.82) is 0 Å². The van der Waals surface area contributed by atoms with E-state index in [4.69, 9.17) is 0 Å². The van der Waals surface area contributed by atoms with Crippen molar-refractivity contribution in [3.05, 3.63) is 48.2 Å². The van der Waals surface area contributed by atoms with E-state index in [1.165, 1.54) is 38.1 Å². The van der Waals surface area contributed by atoms with Gasteiger partial charge in [-0.2, -0.15) is 0 Å². The van der Waals surface area contributed by atoms with Crippen molar-refractivity contribution in [2.75, 3.05) is 25.2 Å². The predicted octanol–water partition coefficient (Wildman–Crippen LogP) is 2.37. The summed E-state index contributed by atoms with van der Waals surface area (Å²) in [6.07, 6.45) is 1.30. The summed E-state index contributed by atoms with van der Waals surface area (Å²) in [6.45, 7) is 1.96. The van der Waals surface area contributed by atoms with Gasteiger partial charge in [0.2, 0.25) is 15.9 Å². The van der Waals surface area contributed by atoms with E-state index >= 15 is 0 Å². The first-order valence-corrected chi connectivity index (χ1v) is 9.59. The van der Waals surface area contributed by atoms with Crippen molar-refractivity contribution in [1.82, 2.24) is 9.29 Å². The molecule has 1 amide bonds. The monoisotopic (exact) mass is 365 g/mol. The van der Waals surface area contributed by atoms with E-state index in [0.29, 0.717) is 5.03 Å². The number of carbonyl (C=O) groups is 1. The van der Waals surface area contributed by atoms with Crippen LogP contribution < -0.4 is 5.32 Å². The third-order valence-electron chi connectivity index (χ3n) is 3.14. The van der Waals surface area contributed by atoms with Gasteiger partial charge in [-0.05, 0) is 36.8 Å². The fraction of sp³-hybridized carbons (Fsp3) is 0.250. The second-order valence-corrected chi connectivity index (χ2v) is 8.47. The molecule has 1 N–H and O–H groups in total. The number of carbonyl (C=O) groups excluding carboxylic acids is 1. The molecule has 24 heavy (non-hydrogen) atoms. The molecule has 6 nitrogen and oxygen atoms in total. The van der Waals surface area contributed by atoms with Crippen LogP contribution in [0, 0.1) is 6.92 Å². The summed E-state index contributed by atoms with van der Waals surface area (Å²) < 4.78 is 25.0. The molecule has 0 aliphatic rings. The van der Waals surface area contributed by atoms with Gasteiger partial charge >= 0.3 is 0 Å². The molecule has 0 spiro atoms. The van der Waals surface area contributed by atoms with Crippen LogP contribution in [-0.2, 0) is 14.8 Å². The normalized spacial score (nSPS) is 11.5. The highest BCUT2D eigenvalue weighted by molar-refractivity contribution is 7.99. The number of amides is 1. The van der Waals surface area contributed by atoms with E-state index in [2.05, 4.69) is 10.3 Å². The molecule has 0 aliphatic heterocycles. The number of pyridine rings is 1. The Labute approximate surface area is 146 Å².